The fourth-order valence-corrected chi connectivity index (χ4v) is 4.05. The number of benzene rings is 2. The SMILES string of the molecule is CCn1c(SCC(=O)Nc2cc(C)cc(C)c2)nnc1-c1ccc(OC)c(OC)c1. The van der Waals surface area contributed by atoms with E-state index in [4.69, 9.17) is 9.47 Å². The van der Waals surface area contributed by atoms with Crippen LogP contribution in [0.5, 0.6) is 11.5 Å². The van der Waals surface area contributed by atoms with Crippen LogP contribution in [0.1, 0.15) is 18.1 Å². The minimum Gasteiger partial charge on any atom is -0.493 e. The second-order valence-corrected chi connectivity index (χ2v) is 7.78. The van der Waals surface area contributed by atoms with Crippen LogP contribution in [-0.2, 0) is 11.3 Å². The quantitative estimate of drug-likeness (QED) is 0.540. The zero-order chi connectivity index (χ0) is 21.7. The Morgan fingerprint density at radius 2 is 1.73 bits per heavy atom. The van der Waals surface area contributed by atoms with Gasteiger partial charge in [0, 0.05) is 17.8 Å². The van der Waals surface area contributed by atoms with E-state index in [-0.39, 0.29) is 11.7 Å². The predicted molar refractivity (Wildman–Crippen MR) is 120 cm³/mol. The number of ether oxygens (including phenoxy) is 2. The molecule has 158 valence electrons. The van der Waals surface area contributed by atoms with Crippen molar-refractivity contribution >= 4 is 23.4 Å². The Hall–Kier alpha value is -3.00. The molecule has 0 spiro atoms. The highest BCUT2D eigenvalue weighted by Gasteiger charge is 2.16. The van der Waals surface area contributed by atoms with Crippen LogP contribution in [0.4, 0.5) is 5.69 Å². The molecule has 1 aromatic heterocycles. The third-order valence-corrected chi connectivity index (χ3v) is 5.48. The van der Waals surface area contributed by atoms with Gasteiger partial charge in [0.05, 0.1) is 20.0 Å². The summed E-state index contributed by atoms with van der Waals surface area (Å²) in [4.78, 5) is 12.4. The number of hydrogen-bond acceptors (Lipinski definition) is 6. The van der Waals surface area contributed by atoms with E-state index in [2.05, 4.69) is 21.6 Å². The molecule has 3 aromatic rings. The van der Waals surface area contributed by atoms with Gasteiger partial charge in [0.15, 0.2) is 22.5 Å². The number of carbonyl (C=O) groups is 1. The van der Waals surface area contributed by atoms with Gasteiger partial charge in [-0.05, 0) is 62.2 Å². The first-order valence-corrected chi connectivity index (χ1v) is 10.6. The summed E-state index contributed by atoms with van der Waals surface area (Å²) in [5, 5.41) is 12.3. The molecule has 1 heterocycles. The van der Waals surface area contributed by atoms with Crippen LogP contribution in [0.2, 0.25) is 0 Å². The molecule has 0 aliphatic rings. The molecule has 0 saturated heterocycles. The summed E-state index contributed by atoms with van der Waals surface area (Å²) in [6.45, 7) is 6.72. The smallest absolute Gasteiger partial charge is 0.234 e. The third-order valence-electron chi connectivity index (χ3n) is 4.51. The van der Waals surface area contributed by atoms with Crippen molar-refractivity contribution in [3.8, 4) is 22.9 Å². The first-order valence-electron chi connectivity index (χ1n) is 9.61. The van der Waals surface area contributed by atoms with E-state index < -0.39 is 0 Å². The standard InChI is InChI=1S/C22H26N4O3S/c1-6-26-21(16-7-8-18(28-4)19(12-16)29-5)24-25-22(26)30-13-20(27)23-17-10-14(2)9-15(3)11-17/h7-12H,6,13H2,1-5H3,(H,23,27). The molecule has 0 aliphatic heterocycles. The first-order chi connectivity index (χ1) is 14.4. The molecular weight excluding hydrogens is 400 g/mol. The maximum absolute atomic E-state index is 12.4. The number of amides is 1. The number of anilines is 1. The molecule has 0 bridgehead atoms. The van der Waals surface area contributed by atoms with E-state index in [1.54, 1.807) is 14.2 Å². The van der Waals surface area contributed by atoms with Crippen LogP contribution in [0.15, 0.2) is 41.6 Å². The van der Waals surface area contributed by atoms with Crippen LogP contribution in [0.3, 0.4) is 0 Å². The lowest BCUT2D eigenvalue weighted by Crippen LogP contribution is -2.15. The molecule has 1 amide bonds. The van der Waals surface area contributed by atoms with Crippen LogP contribution >= 0.6 is 11.8 Å². The molecule has 3 rings (SSSR count). The molecule has 0 unspecified atom stereocenters. The predicted octanol–water partition coefficient (Wildman–Crippen LogP) is 4.33. The molecule has 8 heteroatoms. The van der Waals surface area contributed by atoms with Crippen LogP contribution in [0, 0.1) is 13.8 Å². The van der Waals surface area contributed by atoms with Gasteiger partial charge in [0.2, 0.25) is 5.91 Å². The number of thioether (sulfide) groups is 1. The molecule has 0 radical (unpaired) electrons. The largest absolute Gasteiger partial charge is 0.493 e. The summed E-state index contributed by atoms with van der Waals surface area (Å²) in [5.74, 6) is 2.17. The topological polar surface area (TPSA) is 78.3 Å². The Bertz CT molecular complexity index is 1030. The van der Waals surface area contributed by atoms with Crippen LogP contribution in [-0.4, -0.2) is 40.6 Å². The normalized spacial score (nSPS) is 10.7. The van der Waals surface area contributed by atoms with Gasteiger partial charge in [-0.15, -0.1) is 10.2 Å². The van der Waals surface area contributed by atoms with E-state index >= 15 is 0 Å². The highest BCUT2D eigenvalue weighted by molar-refractivity contribution is 7.99. The van der Waals surface area contributed by atoms with Crippen molar-refractivity contribution in [3.05, 3.63) is 47.5 Å². The van der Waals surface area contributed by atoms with Gasteiger partial charge in [-0.3, -0.25) is 4.79 Å². The number of nitrogens with one attached hydrogen (secondary N) is 1. The summed E-state index contributed by atoms with van der Waals surface area (Å²) in [6, 6.07) is 11.6. The number of nitrogens with zero attached hydrogens (tertiary/aromatic N) is 3. The lowest BCUT2D eigenvalue weighted by atomic mass is 10.1. The minimum atomic E-state index is -0.0803. The zero-order valence-electron chi connectivity index (χ0n) is 17.9. The second kappa shape index (κ2) is 9.67. The van der Waals surface area contributed by atoms with Crippen molar-refractivity contribution in [2.75, 3.05) is 25.3 Å². The van der Waals surface area contributed by atoms with Crippen molar-refractivity contribution in [2.45, 2.75) is 32.5 Å². The van der Waals surface area contributed by atoms with Gasteiger partial charge in [0.25, 0.3) is 0 Å². The molecule has 0 fully saturated rings. The number of hydrogen-bond donors (Lipinski definition) is 1. The lowest BCUT2D eigenvalue weighted by molar-refractivity contribution is -0.113. The lowest BCUT2D eigenvalue weighted by Gasteiger charge is -2.11. The van der Waals surface area contributed by atoms with Crippen molar-refractivity contribution < 1.29 is 14.3 Å². The Kier molecular flexibility index (Phi) is 6.99. The Morgan fingerprint density at radius 1 is 1.03 bits per heavy atom. The first kappa shape index (κ1) is 21.7. The fraction of sp³-hybridized carbons (Fsp3) is 0.318. The van der Waals surface area contributed by atoms with Crippen molar-refractivity contribution in [2.24, 2.45) is 0 Å². The number of aromatic nitrogens is 3. The van der Waals surface area contributed by atoms with Crippen molar-refractivity contribution in [3.63, 3.8) is 0 Å². The fourth-order valence-electron chi connectivity index (χ4n) is 3.24. The molecule has 0 atom stereocenters. The van der Waals surface area contributed by atoms with Gasteiger partial charge >= 0.3 is 0 Å². The van der Waals surface area contributed by atoms with E-state index in [0.717, 1.165) is 28.2 Å². The molecular formula is C22H26N4O3S. The molecule has 1 N–H and O–H groups in total. The van der Waals surface area contributed by atoms with Crippen molar-refractivity contribution in [1.82, 2.24) is 14.8 Å². The summed E-state index contributed by atoms with van der Waals surface area (Å²) >= 11 is 1.36. The number of carbonyl (C=O) groups excluding carboxylic acids is 1. The molecule has 0 saturated carbocycles. The molecule has 2 aromatic carbocycles. The minimum absolute atomic E-state index is 0.0803. The Balaban J connectivity index is 1.73. The summed E-state index contributed by atoms with van der Waals surface area (Å²) < 4.78 is 12.7. The highest BCUT2D eigenvalue weighted by Crippen LogP contribution is 2.32. The van der Waals surface area contributed by atoms with Crippen LogP contribution < -0.4 is 14.8 Å². The van der Waals surface area contributed by atoms with Gasteiger partial charge < -0.3 is 19.4 Å². The average Bonchev–Trinajstić information content (AvgIpc) is 3.13. The third kappa shape index (κ3) is 4.94. The molecule has 7 nitrogen and oxygen atoms in total. The van der Waals surface area contributed by atoms with E-state index in [1.807, 2.05) is 55.7 Å². The molecule has 30 heavy (non-hydrogen) atoms. The van der Waals surface area contributed by atoms with Gasteiger partial charge in [-0.2, -0.15) is 0 Å². The van der Waals surface area contributed by atoms with Crippen LogP contribution in [0.25, 0.3) is 11.4 Å². The Morgan fingerprint density at radius 3 is 2.37 bits per heavy atom. The van der Waals surface area contributed by atoms with E-state index in [0.29, 0.717) is 23.2 Å². The van der Waals surface area contributed by atoms with E-state index in [1.165, 1.54) is 11.8 Å². The number of aryl methyl sites for hydroxylation is 2. The Labute approximate surface area is 180 Å². The van der Waals surface area contributed by atoms with Gasteiger partial charge in [-0.25, -0.2) is 0 Å². The van der Waals surface area contributed by atoms with E-state index in [9.17, 15) is 4.79 Å². The summed E-state index contributed by atoms with van der Waals surface area (Å²) in [7, 11) is 3.20. The van der Waals surface area contributed by atoms with Crippen molar-refractivity contribution in [1.29, 1.82) is 0 Å². The number of methoxy groups -OCH3 is 2. The molecule has 0 aliphatic carbocycles. The maximum atomic E-state index is 12.4. The highest BCUT2D eigenvalue weighted by atomic mass is 32.2. The van der Waals surface area contributed by atoms with Gasteiger partial charge in [-0.1, -0.05) is 17.8 Å². The average molecular weight is 427 g/mol. The maximum Gasteiger partial charge on any atom is 0.234 e. The monoisotopic (exact) mass is 426 g/mol. The second-order valence-electron chi connectivity index (χ2n) is 6.83. The zero-order valence-corrected chi connectivity index (χ0v) is 18.7. The number of rotatable bonds is 8. The summed E-state index contributed by atoms with van der Waals surface area (Å²) in [6.07, 6.45) is 0. The summed E-state index contributed by atoms with van der Waals surface area (Å²) in [5.41, 5.74) is 3.90. The van der Waals surface area contributed by atoms with Gasteiger partial charge in [0.1, 0.15) is 0 Å².